The molecule has 2 rings (SSSR count). The SMILES string of the molecule is Nn1ccc2cccnc21. The predicted octanol–water partition coefficient (Wildman–Crippen LogP) is 0.750. The van der Waals surface area contributed by atoms with Crippen LogP contribution in [-0.4, -0.2) is 9.66 Å². The standard InChI is InChI=1S/C7H7N3/c8-10-5-3-6-2-1-4-9-7(6)10/h1-5H,8H2. The lowest BCUT2D eigenvalue weighted by atomic mass is 10.3. The van der Waals surface area contributed by atoms with Gasteiger partial charge in [-0.15, -0.1) is 0 Å². The van der Waals surface area contributed by atoms with Gasteiger partial charge in [-0.3, -0.25) is 4.68 Å². The Morgan fingerprint density at radius 3 is 3.10 bits per heavy atom. The maximum absolute atomic E-state index is 5.53. The van der Waals surface area contributed by atoms with E-state index in [0.29, 0.717) is 0 Å². The summed E-state index contributed by atoms with van der Waals surface area (Å²) in [6.07, 6.45) is 3.52. The summed E-state index contributed by atoms with van der Waals surface area (Å²) in [5.74, 6) is 5.53. The molecular weight excluding hydrogens is 126 g/mol. The second-order valence-corrected chi connectivity index (χ2v) is 2.14. The van der Waals surface area contributed by atoms with Gasteiger partial charge >= 0.3 is 0 Å². The third-order valence-corrected chi connectivity index (χ3v) is 1.48. The van der Waals surface area contributed by atoms with Crippen LogP contribution < -0.4 is 5.84 Å². The number of hydrogen-bond donors (Lipinski definition) is 1. The van der Waals surface area contributed by atoms with Gasteiger partial charge < -0.3 is 5.84 Å². The quantitative estimate of drug-likeness (QED) is 0.539. The lowest BCUT2D eigenvalue weighted by molar-refractivity contribution is 1.04. The molecule has 0 aliphatic heterocycles. The van der Waals surface area contributed by atoms with Gasteiger partial charge in [0.1, 0.15) is 0 Å². The molecule has 0 spiro atoms. The van der Waals surface area contributed by atoms with Crippen LogP contribution in [0, 0.1) is 0 Å². The molecule has 10 heavy (non-hydrogen) atoms. The van der Waals surface area contributed by atoms with Gasteiger partial charge in [0.25, 0.3) is 0 Å². The Bertz CT molecular complexity index is 350. The zero-order valence-electron chi connectivity index (χ0n) is 5.36. The van der Waals surface area contributed by atoms with Crippen molar-refractivity contribution in [2.45, 2.75) is 0 Å². The van der Waals surface area contributed by atoms with E-state index in [4.69, 9.17) is 5.84 Å². The van der Waals surface area contributed by atoms with Crippen LogP contribution in [0.5, 0.6) is 0 Å². The Labute approximate surface area is 58.1 Å². The highest BCUT2D eigenvalue weighted by Crippen LogP contribution is 2.08. The minimum Gasteiger partial charge on any atom is -0.338 e. The normalized spacial score (nSPS) is 10.4. The largest absolute Gasteiger partial charge is 0.338 e. The molecule has 0 atom stereocenters. The van der Waals surface area contributed by atoms with E-state index in [0.717, 1.165) is 11.0 Å². The van der Waals surface area contributed by atoms with Crippen molar-refractivity contribution in [2.75, 3.05) is 5.84 Å². The van der Waals surface area contributed by atoms with Gasteiger partial charge in [0, 0.05) is 17.8 Å². The summed E-state index contributed by atoms with van der Waals surface area (Å²) >= 11 is 0. The molecule has 0 aliphatic carbocycles. The minimum atomic E-state index is 0.822. The summed E-state index contributed by atoms with van der Waals surface area (Å²) in [7, 11) is 0. The molecule has 3 nitrogen and oxygen atoms in total. The first-order valence-corrected chi connectivity index (χ1v) is 3.05. The number of nitrogen functional groups attached to an aromatic ring is 1. The van der Waals surface area contributed by atoms with Crippen molar-refractivity contribution in [3.63, 3.8) is 0 Å². The second kappa shape index (κ2) is 1.73. The number of pyridine rings is 1. The highest BCUT2D eigenvalue weighted by atomic mass is 15.3. The van der Waals surface area contributed by atoms with Gasteiger partial charge in [0.05, 0.1) is 0 Å². The Hall–Kier alpha value is -1.51. The first-order valence-electron chi connectivity index (χ1n) is 3.05. The first-order chi connectivity index (χ1) is 4.88. The molecule has 2 heterocycles. The molecule has 0 radical (unpaired) electrons. The van der Waals surface area contributed by atoms with E-state index < -0.39 is 0 Å². The van der Waals surface area contributed by atoms with Crippen molar-refractivity contribution in [3.8, 4) is 0 Å². The van der Waals surface area contributed by atoms with Crippen LogP contribution in [0.4, 0.5) is 0 Å². The van der Waals surface area contributed by atoms with Crippen LogP contribution in [0.2, 0.25) is 0 Å². The average Bonchev–Trinajstić information content (AvgIpc) is 2.34. The van der Waals surface area contributed by atoms with Crippen molar-refractivity contribution in [1.29, 1.82) is 0 Å². The summed E-state index contributed by atoms with van der Waals surface area (Å²) in [4.78, 5) is 4.08. The van der Waals surface area contributed by atoms with Crippen LogP contribution in [-0.2, 0) is 0 Å². The topological polar surface area (TPSA) is 43.8 Å². The molecule has 2 aromatic rings. The monoisotopic (exact) mass is 133 g/mol. The highest BCUT2D eigenvalue weighted by molar-refractivity contribution is 5.75. The molecule has 0 aliphatic rings. The van der Waals surface area contributed by atoms with Crippen molar-refractivity contribution < 1.29 is 0 Å². The number of aromatic nitrogens is 2. The van der Waals surface area contributed by atoms with E-state index >= 15 is 0 Å². The van der Waals surface area contributed by atoms with Crippen LogP contribution >= 0.6 is 0 Å². The number of fused-ring (bicyclic) bond motifs is 1. The smallest absolute Gasteiger partial charge is 0.158 e. The number of nitrogens with zero attached hydrogens (tertiary/aromatic N) is 2. The number of rotatable bonds is 0. The highest BCUT2D eigenvalue weighted by Gasteiger charge is 1.94. The maximum atomic E-state index is 5.53. The maximum Gasteiger partial charge on any atom is 0.158 e. The molecule has 0 saturated carbocycles. The molecule has 0 unspecified atom stereocenters. The van der Waals surface area contributed by atoms with E-state index in [2.05, 4.69) is 4.98 Å². The van der Waals surface area contributed by atoms with Gasteiger partial charge in [0.15, 0.2) is 5.65 Å². The third kappa shape index (κ3) is 0.572. The fraction of sp³-hybridized carbons (Fsp3) is 0. The zero-order valence-corrected chi connectivity index (χ0v) is 5.36. The molecule has 3 heteroatoms. The van der Waals surface area contributed by atoms with Crippen LogP contribution in [0.3, 0.4) is 0 Å². The second-order valence-electron chi connectivity index (χ2n) is 2.14. The van der Waals surface area contributed by atoms with Crippen LogP contribution in [0.15, 0.2) is 30.6 Å². The number of nitrogens with two attached hydrogens (primary N) is 1. The van der Waals surface area contributed by atoms with Crippen molar-refractivity contribution in [1.82, 2.24) is 9.66 Å². The molecule has 50 valence electrons. The summed E-state index contributed by atoms with van der Waals surface area (Å²) in [5.41, 5.74) is 0.822. The first kappa shape index (κ1) is 5.29. The van der Waals surface area contributed by atoms with Crippen LogP contribution in [0.25, 0.3) is 11.0 Å². The van der Waals surface area contributed by atoms with Crippen molar-refractivity contribution in [3.05, 3.63) is 30.6 Å². The van der Waals surface area contributed by atoms with Crippen molar-refractivity contribution >= 4 is 11.0 Å². The summed E-state index contributed by atoms with van der Waals surface area (Å²) < 4.78 is 1.51. The van der Waals surface area contributed by atoms with Crippen molar-refractivity contribution in [2.24, 2.45) is 0 Å². The molecule has 0 fully saturated rings. The lowest BCUT2D eigenvalue weighted by Gasteiger charge is -1.91. The van der Waals surface area contributed by atoms with Crippen LogP contribution in [0.1, 0.15) is 0 Å². The fourth-order valence-corrected chi connectivity index (χ4v) is 0.986. The van der Waals surface area contributed by atoms with Gasteiger partial charge in [0.2, 0.25) is 0 Å². The van der Waals surface area contributed by atoms with Gasteiger partial charge in [-0.1, -0.05) is 0 Å². The molecular formula is C7H7N3. The van der Waals surface area contributed by atoms with E-state index in [1.54, 1.807) is 12.4 Å². The molecule has 2 N–H and O–H groups in total. The van der Waals surface area contributed by atoms with E-state index in [1.807, 2.05) is 18.2 Å². The van der Waals surface area contributed by atoms with Gasteiger partial charge in [-0.25, -0.2) is 4.98 Å². The third-order valence-electron chi connectivity index (χ3n) is 1.48. The molecule has 0 saturated heterocycles. The molecule has 2 aromatic heterocycles. The Morgan fingerprint density at radius 1 is 1.40 bits per heavy atom. The zero-order chi connectivity index (χ0) is 6.97. The number of hydrogen-bond acceptors (Lipinski definition) is 2. The van der Waals surface area contributed by atoms with Gasteiger partial charge in [-0.05, 0) is 18.2 Å². The molecule has 0 bridgehead atoms. The summed E-state index contributed by atoms with van der Waals surface area (Å²) in [6.45, 7) is 0. The summed E-state index contributed by atoms with van der Waals surface area (Å²) in [5, 5.41) is 1.07. The Balaban J connectivity index is 2.93. The lowest BCUT2D eigenvalue weighted by Crippen LogP contribution is -2.05. The summed E-state index contributed by atoms with van der Waals surface area (Å²) in [6, 6.07) is 5.80. The van der Waals surface area contributed by atoms with Gasteiger partial charge in [-0.2, -0.15) is 0 Å². The predicted molar refractivity (Wildman–Crippen MR) is 39.9 cm³/mol. The van der Waals surface area contributed by atoms with E-state index in [9.17, 15) is 0 Å². The average molecular weight is 133 g/mol. The molecule has 0 aromatic carbocycles. The van der Waals surface area contributed by atoms with E-state index in [-0.39, 0.29) is 0 Å². The minimum absolute atomic E-state index is 0.822. The Kier molecular flexibility index (Phi) is 0.917. The van der Waals surface area contributed by atoms with E-state index in [1.165, 1.54) is 4.68 Å². The Morgan fingerprint density at radius 2 is 2.30 bits per heavy atom. The fourth-order valence-electron chi connectivity index (χ4n) is 0.986. The molecule has 0 amide bonds.